The van der Waals surface area contributed by atoms with Gasteiger partial charge in [0.15, 0.2) is 5.96 Å². The average molecular weight is 521 g/mol. The molecule has 6 nitrogen and oxygen atoms in total. The summed E-state index contributed by atoms with van der Waals surface area (Å²) in [6, 6.07) is 13.8. The van der Waals surface area contributed by atoms with Gasteiger partial charge in [-0.25, -0.2) is 0 Å². The molecule has 7 heteroatoms. The zero-order valence-corrected chi connectivity index (χ0v) is 20.1. The van der Waals surface area contributed by atoms with Gasteiger partial charge >= 0.3 is 0 Å². The van der Waals surface area contributed by atoms with E-state index in [0.717, 1.165) is 57.1 Å². The maximum atomic E-state index is 11.9. The molecule has 0 aliphatic rings. The van der Waals surface area contributed by atoms with Gasteiger partial charge in [0, 0.05) is 55.0 Å². The molecule has 0 saturated carbocycles. The van der Waals surface area contributed by atoms with E-state index in [2.05, 4.69) is 51.9 Å². The van der Waals surface area contributed by atoms with Crippen LogP contribution < -0.4 is 16.2 Å². The third kappa shape index (κ3) is 6.62. The lowest BCUT2D eigenvalue weighted by molar-refractivity contribution is 0.585. The van der Waals surface area contributed by atoms with Crippen molar-refractivity contribution < 1.29 is 0 Å². The first-order valence-electron chi connectivity index (χ1n) is 10.4. The maximum absolute atomic E-state index is 11.9. The van der Waals surface area contributed by atoms with E-state index in [4.69, 9.17) is 0 Å². The van der Waals surface area contributed by atoms with E-state index in [1.807, 2.05) is 29.7 Å². The lowest BCUT2D eigenvalue weighted by Crippen LogP contribution is -2.38. The number of fused-ring (bicyclic) bond motifs is 1. The fourth-order valence-electron chi connectivity index (χ4n) is 3.48. The number of H-pyrrole nitrogens is 1. The second kappa shape index (κ2) is 12.4. The number of aliphatic imine (C=N–C) groups is 1. The zero-order valence-electron chi connectivity index (χ0n) is 17.8. The fourth-order valence-corrected chi connectivity index (χ4v) is 3.48. The molecule has 3 rings (SSSR count). The first-order chi connectivity index (χ1) is 14.2. The third-order valence-electron chi connectivity index (χ3n) is 5.03. The Bertz CT molecular complexity index is 1010. The molecule has 162 valence electrons. The minimum atomic E-state index is 0. The smallest absolute Gasteiger partial charge is 0.250 e. The van der Waals surface area contributed by atoms with E-state index in [1.165, 1.54) is 16.5 Å². The summed E-state index contributed by atoms with van der Waals surface area (Å²) in [5.74, 6) is 0.848. The summed E-state index contributed by atoms with van der Waals surface area (Å²) in [5, 5.41) is 8.00. The zero-order chi connectivity index (χ0) is 20.5. The molecule has 0 radical (unpaired) electrons. The number of aromatic amines is 1. The van der Waals surface area contributed by atoms with Crippen LogP contribution in [0.5, 0.6) is 0 Å². The van der Waals surface area contributed by atoms with Crippen LogP contribution >= 0.6 is 24.0 Å². The first kappa shape index (κ1) is 24.0. The molecule has 0 amide bonds. The van der Waals surface area contributed by atoms with Crippen LogP contribution in [0.2, 0.25) is 0 Å². The third-order valence-corrected chi connectivity index (χ3v) is 5.03. The molecule has 0 aliphatic heterocycles. The van der Waals surface area contributed by atoms with Crippen molar-refractivity contribution in [2.24, 2.45) is 4.99 Å². The van der Waals surface area contributed by atoms with Gasteiger partial charge in [0.1, 0.15) is 0 Å². The highest BCUT2D eigenvalue weighted by molar-refractivity contribution is 14.0. The van der Waals surface area contributed by atoms with Crippen LogP contribution in [0.3, 0.4) is 0 Å². The van der Waals surface area contributed by atoms with Gasteiger partial charge in [0.2, 0.25) is 0 Å². The minimum absolute atomic E-state index is 0. The molecule has 1 aromatic carbocycles. The Morgan fingerprint density at radius 3 is 2.73 bits per heavy atom. The Morgan fingerprint density at radius 1 is 1.10 bits per heavy atom. The summed E-state index contributed by atoms with van der Waals surface area (Å²) in [6.45, 7) is 7.18. The van der Waals surface area contributed by atoms with E-state index < -0.39 is 0 Å². The summed E-state index contributed by atoms with van der Waals surface area (Å²) in [5.41, 5.74) is 3.57. The van der Waals surface area contributed by atoms with Crippen molar-refractivity contribution in [3.05, 3.63) is 70.3 Å². The van der Waals surface area contributed by atoms with Crippen LogP contribution in [-0.4, -0.2) is 35.1 Å². The highest BCUT2D eigenvalue weighted by Crippen LogP contribution is 2.17. The van der Waals surface area contributed by atoms with E-state index >= 15 is 0 Å². The predicted molar refractivity (Wildman–Crippen MR) is 136 cm³/mol. The van der Waals surface area contributed by atoms with Gasteiger partial charge in [-0.3, -0.25) is 9.79 Å². The van der Waals surface area contributed by atoms with Gasteiger partial charge in [0.05, 0.1) is 0 Å². The number of rotatable bonds is 9. The van der Waals surface area contributed by atoms with E-state index in [1.54, 1.807) is 6.07 Å². The number of nitrogens with one attached hydrogen (secondary N) is 3. The van der Waals surface area contributed by atoms with Gasteiger partial charge in [0.25, 0.3) is 5.56 Å². The van der Waals surface area contributed by atoms with E-state index in [0.29, 0.717) is 0 Å². The summed E-state index contributed by atoms with van der Waals surface area (Å²) < 4.78 is 1.83. The molecule has 0 bridgehead atoms. The van der Waals surface area contributed by atoms with Gasteiger partial charge in [-0.2, -0.15) is 0 Å². The Hall–Kier alpha value is -2.29. The van der Waals surface area contributed by atoms with Crippen LogP contribution in [0.15, 0.2) is 58.4 Å². The Morgan fingerprint density at radius 2 is 1.93 bits per heavy atom. The molecule has 0 atom stereocenters. The van der Waals surface area contributed by atoms with E-state index in [-0.39, 0.29) is 29.5 Å². The topological polar surface area (TPSA) is 74.2 Å². The molecule has 3 N–H and O–H groups in total. The Kier molecular flexibility index (Phi) is 9.93. The molecule has 2 aromatic heterocycles. The van der Waals surface area contributed by atoms with Crippen molar-refractivity contribution in [2.75, 3.05) is 19.6 Å². The number of aromatic nitrogens is 2. The van der Waals surface area contributed by atoms with Gasteiger partial charge in [-0.1, -0.05) is 24.3 Å². The molecule has 0 unspecified atom stereocenters. The summed E-state index contributed by atoms with van der Waals surface area (Å²) >= 11 is 0. The summed E-state index contributed by atoms with van der Waals surface area (Å²) in [4.78, 5) is 19.9. The van der Waals surface area contributed by atoms with Crippen molar-refractivity contribution in [2.45, 2.75) is 39.7 Å². The molecule has 0 fully saturated rings. The number of aryl methyl sites for hydroxylation is 1. The highest BCUT2D eigenvalue weighted by Gasteiger charge is 2.04. The van der Waals surface area contributed by atoms with E-state index in [9.17, 15) is 4.79 Å². The minimum Gasteiger partial charge on any atom is -0.361 e. The molecule has 0 aliphatic carbocycles. The number of hydrogen-bond donors (Lipinski definition) is 3. The van der Waals surface area contributed by atoms with Crippen molar-refractivity contribution >= 4 is 40.8 Å². The van der Waals surface area contributed by atoms with Crippen molar-refractivity contribution in [1.29, 1.82) is 0 Å². The molecular weight excluding hydrogens is 489 g/mol. The second-order valence-electron chi connectivity index (χ2n) is 7.16. The SMILES string of the molecule is CCNC(=NCCCCn1c(C)cccc1=O)NCCc1c[nH]c2ccccc12.I. The van der Waals surface area contributed by atoms with Crippen molar-refractivity contribution in [3.8, 4) is 0 Å². The lowest BCUT2D eigenvalue weighted by Gasteiger charge is -2.11. The van der Waals surface area contributed by atoms with Crippen LogP contribution in [0, 0.1) is 6.92 Å². The lowest BCUT2D eigenvalue weighted by atomic mass is 10.1. The Balaban J connectivity index is 0.00000320. The molecular formula is C23H32IN5O. The maximum Gasteiger partial charge on any atom is 0.250 e. The highest BCUT2D eigenvalue weighted by atomic mass is 127. The quantitative estimate of drug-likeness (QED) is 0.174. The monoisotopic (exact) mass is 521 g/mol. The van der Waals surface area contributed by atoms with Crippen LogP contribution in [0.25, 0.3) is 10.9 Å². The predicted octanol–water partition coefficient (Wildman–Crippen LogP) is 3.83. The first-order valence-corrected chi connectivity index (χ1v) is 10.4. The standard InChI is InChI=1S/C23H31N5O.HI/c1-3-24-23(25-14-6-7-16-28-18(2)9-8-12-22(28)29)26-15-13-19-17-27-21-11-5-4-10-20(19)21;/h4-5,8-12,17,27H,3,6-7,13-16H2,1-2H3,(H2,24,25,26);1H. The van der Waals surface area contributed by atoms with Gasteiger partial charge in [-0.05, 0) is 50.8 Å². The number of halogens is 1. The number of pyridine rings is 1. The molecule has 0 spiro atoms. The summed E-state index contributed by atoms with van der Waals surface area (Å²) in [6.07, 6.45) is 4.90. The van der Waals surface area contributed by atoms with Crippen LogP contribution in [-0.2, 0) is 13.0 Å². The van der Waals surface area contributed by atoms with Gasteiger partial charge < -0.3 is 20.2 Å². The fraction of sp³-hybridized carbons (Fsp3) is 0.391. The van der Waals surface area contributed by atoms with Gasteiger partial charge in [-0.15, -0.1) is 24.0 Å². The van der Waals surface area contributed by atoms with Crippen molar-refractivity contribution in [3.63, 3.8) is 0 Å². The number of para-hydroxylation sites is 1. The number of guanidine groups is 1. The number of benzene rings is 1. The molecule has 0 saturated heterocycles. The summed E-state index contributed by atoms with van der Waals surface area (Å²) in [7, 11) is 0. The second-order valence-corrected chi connectivity index (χ2v) is 7.16. The Labute approximate surface area is 195 Å². The number of unbranched alkanes of at least 4 members (excludes halogenated alkanes) is 1. The molecule has 30 heavy (non-hydrogen) atoms. The van der Waals surface area contributed by atoms with Crippen LogP contribution in [0.4, 0.5) is 0 Å². The normalized spacial score (nSPS) is 11.3. The number of hydrogen-bond acceptors (Lipinski definition) is 2. The molecule has 3 aromatic rings. The molecule has 2 heterocycles. The van der Waals surface area contributed by atoms with Crippen LogP contribution in [0.1, 0.15) is 31.0 Å². The largest absolute Gasteiger partial charge is 0.361 e. The average Bonchev–Trinajstić information content (AvgIpc) is 3.13. The van der Waals surface area contributed by atoms with Crippen molar-refractivity contribution in [1.82, 2.24) is 20.2 Å². The number of nitrogens with zero attached hydrogens (tertiary/aromatic N) is 2.